The van der Waals surface area contributed by atoms with Crippen molar-refractivity contribution in [3.63, 3.8) is 0 Å². The van der Waals surface area contributed by atoms with Crippen molar-refractivity contribution >= 4 is 11.6 Å². The van der Waals surface area contributed by atoms with Gasteiger partial charge in [-0.05, 0) is 30.2 Å². The number of nitrogens with one attached hydrogen (secondary N) is 1. The summed E-state index contributed by atoms with van der Waals surface area (Å²) in [4.78, 5) is 27.0. The molecule has 3 aromatic rings. The molecule has 1 amide bonds. The highest BCUT2D eigenvalue weighted by Crippen LogP contribution is 2.27. The number of non-ortho nitro benzene ring substituents is 1. The first-order valence-corrected chi connectivity index (χ1v) is 8.42. The Kier molecular flexibility index (Phi) is 5.30. The summed E-state index contributed by atoms with van der Waals surface area (Å²) in [6.45, 7) is 3.95. The van der Waals surface area contributed by atoms with Gasteiger partial charge in [-0.25, -0.2) is 0 Å². The van der Waals surface area contributed by atoms with Crippen molar-refractivity contribution in [1.82, 2.24) is 15.5 Å². The summed E-state index contributed by atoms with van der Waals surface area (Å²) in [7, 11) is 0. The molecule has 9 heteroatoms. The Morgan fingerprint density at radius 2 is 2.04 bits per heavy atom. The number of furan rings is 1. The zero-order valence-electron chi connectivity index (χ0n) is 14.8. The summed E-state index contributed by atoms with van der Waals surface area (Å²) >= 11 is 0. The van der Waals surface area contributed by atoms with Gasteiger partial charge in [0.05, 0.1) is 11.2 Å². The van der Waals surface area contributed by atoms with E-state index >= 15 is 0 Å². The Labute approximate surface area is 154 Å². The van der Waals surface area contributed by atoms with Crippen molar-refractivity contribution in [3.8, 4) is 11.4 Å². The summed E-state index contributed by atoms with van der Waals surface area (Å²) in [6.07, 6.45) is 2.20. The summed E-state index contributed by atoms with van der Waals surface area (Å²) in [6, 6.07) is 8.55. The lowest BCUT2D eigenvalue weighted by atomic mass is 9.99. The number of rotatable bonds is 7. The number of aromatic nitrogens is 2. The molecule has 0 saturated heterocycles. The van der Waals surface area contributed by atoms with Crippen LogP contribution in [0, 0.1) is 16.0 Å². The fourth-order valence-corrected chi connectivity index (χ4v) is 2.51. The van der Waals surface area contributed by atoms with Gasteiger partial charge < -0.3 is 14.3 Å². The van der Waals surface area contributed by atoms with Gasteiger partial charge in [0.2, 0.25) is 11.7 Å². The molecule has 1 N–H and O–H groups in total. The molecule has 0 radical (unpaired) electrons. The molecule has 0 aliphatic rings. The molecule has 2 heterocycles. The maximum absolute atomic E-state index is 12.3. The van der Waals surface area contributed by atoms with Gasteiger partial charge in [0, 0.05) is 17.7 Å². The van der Waals surface area contributed by atoms with Crippen LogP contribution in [0.1, 0.15) is 42.8 Å². The minimum Gasteiger partial charge on any atom is -0.459 e. The quantitative estimate of drug-likeness (QED) is 0.496. The molecule has 0 saturated carbocycles. The maximum atomic E-state index is 12.3. The largest absolute Gasteiger partial charge is 0.459 e. The van der Waals surface area contributed by atoms with E-state index in [0.717, 1.165) is 6.42 Å². The van der Waals surface area contributed by atoms with Crippen molar-refractivity contribution in [2.45, 2.75) is 26.3 Å². The van der Waals surface area contributed by atoms with Crippen molar-refractivity contribution in [2.24, 2.45) is 5.92 Å². The highest BCUT2D eigenvalue weighted by Gasteiger charge is 2.27. The van der Waals surface area contributed by atoms with Crippen LogP contribution in [0.2, 0.25) is 0 Å². The smallest absolute Gasteiger partial charge is 0.287 e. The maximum Gasteiger partial charge on any atom is 0.287 e. The Hall–Kier alpha value is -3.49. The number of carbonyl (C=O) groups excluding carboxylic acids is 1. The molecule has 0 aliphatic carbocycles. The molecule has 2 aromatic heterocycles. The SMILES string of the molecule is CC[C@H](C)[C@@H](NC(=O)c1ccco1)c1nc(-c2ccc([N+](=O)[O-])cc2)no1. The summed E-state index contributed by atoms with van der Waals surface area (Å²) in [5, 5.41) is 17.6. The number of nitrogens with zero attached hydrogens (tertiary/aromatic N) is 3. The second-order valence-electron chi connectivity index (χ2n) is 6.07. The summed E-state index contributed by atoms with van der Waals surface area (Å²) in [5.41, 5.74) is 0.557. The van der Waals surface area contributed by atoms with Gasteiger partial charge in [-0.1, -0.05) is 25.4 Å². The molecule has 0 fully saturated rings. The number of hydrogen-bond donors (Lipinski definition) is 1. The molecule has 9 nitrogen and oxygen atoms in total. The summed E-state index contributed by atoms with van der Waals surface area (Å²) < 4.78 is 10.5. The zero-order valence-corrected chi connectivity index (χ0v) is 14.8. The van der Waals surface area contributed by atoms with Crippen LogP contribution in [0.4, 0.5) is 5.69 Å². The van der Waals surface area contributed by atoms with E-state index in [2.05, 4.69) is 15.5 Å². The molecule has 27 heavy (non-hydrogen) atoms. The van der Waals surface area contributed by atoms with E-state index in [-0.39, 0.29) is 29.2 Å². The topological polar surface area (TPSA) is 124 Å². The van der Waals surface area contributed by atoms with Crippen molar-refractivity contribution in [1.29, 1.82) is 0 Å². The number of amides is 1. The third-order valence-electron chi connectivity index (χ3n) is 4.29. The van der Waals surface area contributed by atoms with Gasteiger partial charge in [0.25, 0.3) is 11.6 Å². The molecular weight excluding hydrogens is 352 g/mol. The predicted octanol–water partition coefficient (Wildman–Crippen LogP) is 3.76. The molecule has 1 aromatic carbocycles. The van der Waals surface area contributed by atoms with Gasteiger partial charge in [0.15, 0.2) is 5.76 Å². The Bertz CT molecular complexity index is 918. The molecular formula is C18H18N4O5. The first kappa shape index (κ1) is 18.3. The Morgan fingerprint density at radius 3 is 2.63 bits per heavy atom. The molecule has 2 atom stereocenters. The van der Waals surface area contributed by atoms with Crippen LogP contribution in [0.25, 0.3) is 11.4 Å². The number of hydrogen-bond acceptors (Lipinski definition) is 7. The van der Waals surface area contributed by atoms with Crippen LogP contribution < -0.4 is 5.32 Å². The van der Waals surface area contributed by atoms with Gasteiger partial charge >= 0.3 is 0 Å². The van der Waals surface area contributed by atoms with E-state index in [9.17, 15) is 14.9 Å². The van der Waals surface area contributed by atoms with E-state index in [1.807, 2.05) is 13.8 Å². The minimum atomic E-state index is -0.494. The monoisotopic (exact) mass is 370 g/mol. The predicted molar refractivity (Wildman–Crippen MR) is 94.8 cm³/mol. The number of carbonyl (C=O) groups is 1. The number of nitro groups is 1. The fourth-order valence-electron chi connectivity index (χ4n) is 2.51. The molecule has 0 unspecified atom stereocenters. The molecule has 0 aliphatic heterocycles. The Balaban J connectivity index is 1.83. The lowest BCUT2D eigenvalue weighted by molar-refractivity contribution is -0.384. The van der Waals surface area contributed by atoms with Crippen LogP contribution in [-0.2, 0) is 0 Å². The fraction of sp³-hybridized carbons (Fsp3) is 0.278. The van der Waals surface area contributed by atoms with Gasteiger partial charge in [-0.15, -0.1) is 0 Å². The Morgan fingerprint density at radius 1 is 1.30 bits per heavy atom. The van der Waals surface area contributed by atoms with Crippen LogP contribution in [0.15, 0.2) is 51.6 Å². The molecule has 0 bridgehead atoms. The number of benzene rings is 1. The standard InChI is InChI=1S/C18H18N4O5/c1-3-11(2)15(19-17(23)14-5-4-10-26-14)18-20-16(21-27-18)12-6-8-13(9-7-12)22(24)25/h4-11,15H,3H2,1-2H3,(H,19,23)/t11-,15+/m0/s1. The van der Waals surface area contributed by atoms with E-state index in [0.29, 0.717) is 11.4 Å². The van der Waals surface area contributed by atoms with E-state index < -0.39 is 11.0 Å². The third-order valence-corrected chi connectivity index (χ3v) is 4.29. The normalized spacial score (nSPS) is 13.1. The van der Waals surface area contributed by atoms with Crippen LogP contribution >= 0.6 is 0 Å². The van der Waals surface area contributed by atoms with Crippen molar-refractivity contribution in [3.05, 3.63) is 64.4 Å². The molecule has 0 spiro atoms. The van der Waals surface area contributed by atoms with Crippen LogP contribution in [-0.4, -0.2) is 21.0 Å². The van der Waals surface area contributed by atoms with E-state index in [1.165, 1.54) is 18.4 Å². The van der Waals surface area contributed by atoms with Crippen molar-refractivity contribution < 1.29 is 18.7 Å². The second-order valence-corrected chi connectivity index (χ2v) is 6.07. The van der Waals surface area contributed by atoms with E-state index in [4.69, 9.17) is 8.94 Å². The van der Waals surface area contributed by atoms with Crippen LogP contribution in [0.3, 0.4) is 0 Å². The lowest BCUT2D eigenvalue weighted by Gasteiger charge is -2.20. The van der Waals surface area contributed by atoms with E-state index in [1.54, 1.807) is 24.3 Å². The van der Waals surface area contributed by atoms with Gasteiger partial charge in [0.1, 0.15) is 6.04 Å². The first-order valence-electron chi connectivity index (χ1n) is 8.42. The van der Waals surface area contributed by atoms with Crippen LogP contribution in [0.5, 0.6) is 0 Å². The first-order chi connectivity index (χ1) is 13.0. The van der Waals surface area contributed by atoms with Crippen molar-refractivity contribution in [2.75, 3.05) is 0 Å². The van der Waals surface area contributed by atoms with Gasteiger partial charge in [-0.3, -0.25) is 14.9 Å². The minimum absolute atomic E-state index is 0.0225. The third kappa shape index (κ3) is 4.02. The second kappa shape index (κ2) is 7.81. The highest BCUT2D eigenvalue weighted by atomic mass is 16.6. The average Bonchev–Trinajstić information content (AvgIpc) is 3.37. The lowest BCUT2D eigenvalue weighted by Crippen LogP contribution is -2.32. The zero-order chi connectivity index (χ0) is 19.4. The number of nitro benzene ring substituents is 1. The van der Waals surface area contributed by atoms with Gasteiger partial charge in [-0.2, -0.15) is 4.98 Å². The highest BCUT2D eigenvalue weighted by molar-refractivity contribution is 5.91. The molecule has 3 rings (SSSR count). The molecule has 140 valence electrons. The summed E-state index contributed by atoms with van der Waals surface area (Å²) in [5.74, 6) is 0.408. The average molecular weight is 370 g/mol.